The molecule has 8 heteroatoms. The van der Waals surface area contributed by atoms with Gasteiger partial charge >= 0.3 is 6.18 Å². The van der Waals surface area contributed by atoms with Crippen molar-refractivity contribution in [2.75, 3.05) is 44.7 Å². The van der Waals surface area contributed by atoms with Gasteiger partial charge in [-0.05, 0) is 74.6 Å². The van der Waals surface area contributed by atoms with E-state index in [2.05, 4.69) is 16.9 Å². The Balaban J connectivity index is 1.84. The van der Waals surface area contributed by atoms with Crippen molar-refractivity contribution in [2.45, 2.75) is 58.7 Å². The first-order chi connectivity index (χ1) is 16.9. The molecule has 2 aromatic rings. The van der Waals surface area contributed by atoms with Crippen molar-refractivity contribution in [3.05, 3.63) is 59.0 Å². The van der Waals surface area contributed by atoms with E-state index >= 15 is 0 Å². The van der Waals surface area contributed by atoms with Crippen molar-refractivity contribution < 1.29 is 22.3 Å². The van der Waals surface area contributed by atoms with E-state index in [0.29, 0.717) is 25.5 Å². The van der Waals surface area contributed by atoms with Gasteiger partial charge in [0.1, 0.15) is 11.6 Å². The van der Waals surface area contributed by atoms with E-state index < -0.39 is 11.7 Å². The second kappa shape index (κ2) is 11.9. The first-order valence-corrected chi connectivity index (χ1v) is 12.7. The van der Waals surface area contributed by atoms with Crippen molar-refractivity contribution in [3.63, 3.8) is 0 Å². The van der Waals surface area contributed by atoms with Crippen molar-refractivity contribution in [3.8, 4) is 0 Å². The Hall–Kier alpha value is -2.19. The van der Waals surface area contributed by atoms with Gasteiger partial charge in [-0.15, -0.1) is 0 Å². The molecule has 1 saturated heterocycles. The number of hydrogen-bond donors (Lipinski definition) is 0. The number of likely N-dealkylation sites (tertiary alicyclic amines) is 1. The van der Waals surface area contributed by atoms with Gasteiger partial charge < -0.3 is 14.5 Å². The maximum absolute atomic E-state index is 13.8. The SMILES string of the molecule is CC(C)CN(CC(C)C)c1cc(C(F)(F)F)cc(COCC2(c3ccc(F)cc3)CCN(C)CC2)n1. The van der Waals surface area contributed by atoms with Crippen LogP contribution in [0.4, 0.5) is 23.4 Å². The number of benzene rings is 1. The highest BCUT2D eigenvalue weighted by atomic mass is 19.4. The van der Waals surface area contributed by atoms with Gasteiger partial charge in [0.05, 0.1) is 24.5 Å². The molecule has 0 spiro atoms. The first-order valence-electron chi connectivity index (χ1n) is 12.7. The molecule has 1 aliphatic heterocycles. The molecule has 1 fully saturated rings. The van der Waals surface area contributed by atoms with Crippen LogP contribution in [0.25, 0.3) is 0 Å². The number of aromatic nitrogens is 1. The third kappa shape index (κ3) is 7.65. The Morgan fingerprint density at radius 2 is 1.58 bits per heavy atom. The van der Waals surface area contributed by atoms with Crippen LogP contribution in [0.3, 0.4) is 0 Å². The summed E-state index contributed by atoms with van der Waals surface area (Å²) in [7, 11) is 2.06. The molecule has 1 aromatic carbocycles. The number of anilines is 1. The van der Waals surface area contributed by atoms with E-state index in [-0.39, 0.29) is 35.4 Å². The number of rotatable bonds is 10. The van der Waals surface area contributed by atoms with Gasteiger partial charge in [0, 0.05) is 18.5 Å². The Labute approximate surface area is 212 Å². The minimum Gasteiger partial charge on any atom is -0.374 e. The number of piperidine rings is 1. The van der Waals surface area contributed by atoms with Gasteiger partial charge in [0.2, 0.25) is 0 Å². The van der Waals surface area contributed by atoms with Crippen LogP contribution in [0.5, 0.6) is 0 Å². The fourth-order valence-corrected chi connectivity index (χ4v) is 4.83. The van der Waals surface area contributed by atoms with Crippen LogP contribution in [0.2, 0.25) is 0 Å². The zero-order chi connectivity index (χ0) is 26.5. The fourth-order valence-electron chi connectivity index (χ4n) is 4.83. The maximum atomic E-state index is 13.8. The number of pyridine rings is 1. The number of nitrogens with zero attached hydrogens (tertiary/aromatic N) is 3. The molecule has 1 aromatic heterocycles. The number of halogens is 4. The molecule has 0 atom stereocenters. The normalized spacial score (nSPS) is 16.6. The molecule has 4 nitrogen and oxygen atoms in total. The Bertz CT molecular complexity index is 958. The molecule has 0 aliphatic carbocycles. The summed E-state index contributed by atoms with van der Waals surface area (Å²) in [6.07, 6.45) is -2.82. The Kier molecular flexibility index (Phi) is 9.39. The molecule has 0 saturated carbocycles. The van der Waals surface area contributed by atoms with Gasteiger partial charge in [0.25, 0.3) is 0 Å². The summed E-state index contributed by atoms with van der Waals surface area (Å²) in [5, 5.41) is 0. The summed E-state index contributed by atoms with van der Waals surface area (Å²) < 4.78 is 61.0. The van der Waals surface area contributed by atoms with Gasteiger partial charge in [-0.3, -0.25) is 0 Å². The summed E-state index contributed by atoms with van der Waals surface area (Å²) in [5.41, 5.74) is 0.233. The van der Waals surface area contributed by atoms with Crippen molar-refractivity contribution >= 4 is 5.82 Å². The van der Waals surface area contributed by atoms with Gasteiger partial charge in [-0.1, -0.05) is 39.8 Å². The third-order valence-corrected chi connectivity index (χ3v) is 6.72. The minimum atomic E-state index is -4.48. The highest BCUT2D eigenvalue weighted by Gasteiger charge is 2.36. The predicted octanol–water partition coefficient (Wildman–Crippen LogP) is 6.54. The van der Waals surface area contributed by atoms with Crippen LogP contribution in [-0.4, -0.2) is 49.7 Å². The van der Waals surface area contributed by atoms with Crippen molar-refractivity contribution in [1.82, 2.24) is 9.88 Å². The van der Waals surface area contributed by atoms with E-state index in [0.717, 1.165) is 43.6 Å². The third-order valence-electron chi connectivity index (χ3n) is 6.72. The quantitative estimate of drug-likeness (QED) is 0.340. The van der Waals surface area contributed by atoms with E-state index in [4.69, 9.17) is 4.74 Å². The van der Waals surface area contributed by atoms with Crippen LogP contribution in [0.1, 0.15) is 57.4 Å². The smallest absolute Gasteiger partial charge is 0.374 e. The van der Waals surface area contributed by atoms with Crippen molar-refractivity contribution in [2.24, 2.45) is 11.8 Å². The lowest BCUT2D eigenvalue weighted by Gasteiger charge is -2.41. The Morgan fingerprint density at radius 3 is 2.11 bits per heavy atom. The van der Waals surface area contributed by atoms with E-state index in [9.17, 15) is 17.6 Å². The minimum absolute atomic E-state index is 0.0209. The molecule has 1 aliphatic rings. The molecule has 0 bridgehead atoms. The molecular formula is C28H39F4N3O. The van der Waals surface area contributed by atoms with Crippen LogP contribution in [0, 0.1) is 17.7 Å². The number of ether oxygens (including phenoxy) is 1. The van der Waals surface area contributed by atoms with Crippen LogP contribution in [0.15, 0.2) is 36.4 Å². The summed E-state index contributed by atoms with van der Waals surface area (Å²) in [6, 6.07) is 8.72. The average molecular weight is 510 g/mol. The highest BCUT2D eigenvalue weighted by Crippen LogP contribution is 2.37. The van der Waals surface area contributed by atoms with Crippen LogP contribution >= 0.6 is 0 Å². The standard InChI is InChI=1S/C28H39F4N3O/c1-20(2)16-35(17-21(3)4)26-15-23(28(30,31)32)14-25(33-26)18-36-19-27(10-12-34(5)13-11-27)22-6-8-24(29)9-7-22/h6-9,14-15,20-21H,10-13,16-19H2,1-5H3. The van der Waals surface area contributed by atoms with E-state index in [1.165, 1.54) is 12.1 Å². The molecule has 0 radical (unpaired) electrons. The van der Waals surface area contributed by atoms with Gasteiger partial charge in [-0.2, -0.15) is 13.2 Å². The van der Waals surface area contributed by atoms with Crippen LogP contribution in [-0.2, 0) is 22.9 Å². The zero-order valence-electron chi connectivity index (χ0n) is 22.0. The molecule has 2 heterocycles. The van der Waals surface area contributed by atoms with Gasteiger partial charge in [-0.25, -0.2) is 9.37 Å². The Morgan fingerprint density at radius 1 is 1.00 bits per heavy atom. The lowest BCUT2D eigenvalue weighted by molar-refractivity contribution is -0.137. The maximum Gasteiger partial charge on any atom is 0.416 e. The second-order valence-corrected chi connectivity index (χ2v) is 11.0. The molecule has 0 unspecified atom stereocenters. The largest absolute Gasteiger partial charge is 0.416 e. The number of hydrogen-bond acceptors (Lipinski definition) is 4. The fraction of sp³-hybridized carbons (Fsp3) is 0.607. The van der Waals surface area contributed by atoms with E-state index in [1.54, 1.807) is 12.1 Å². The second-order valence-electron chi connectivity index (χ2n) is 11.0. The van der Waals surface area contributed by atoms with Crippen molar-refractivity contribution in [1.29, 1.82) is 0 Å². The van der Waals surface area contributed by atoms with E-state index in [1.807, 2.05) is 32.6 Å². The zero-order valence-corrected chi connectivity index (χ0v) is 22.0. The summed E-state index contributed by atoms with van der Waals surface area (Å²) in [4.78, 5) is 8.77. The molecular weight excluding hydrogens is 470 g/mol. The predicted molar refractivity (Wildman–Crippen MR) is 136 cm³/mol. The number of alkyl halides is 3. The molecule has 200 valence electrons. The highest BCUT2D eigenvalue weighted by molar-refractivity contribution is 5.44. The first kappa shape index (κ1) is 28.4. The lowest BCUT2D eigenvalue weighted by Crippen LogP contribution is -2.43. The summed E-state index contributed by atoms with van der Waals surface area (Å²) >= 11 is 0. The lowest BCUT2D eigenvalue weighted by atomic mass is 9.73. The summed E-state index contributed by atoms with van der Waals surface area (Å²) in [6.45, 7) is 11.5. The molecule has 0 N–H and O–H groups in total. The van der Waals surface area contributed by atoms with Gasteiger partial charge in [0.15, 0.2) is 0 Å². The molecule has 0 amide bonds. The summed E-state index contributed by atoms with van der Waals surface area (Å²) in [5.74, 6) is 0.591. The average Bonchev–Trinajstić information content (AvgIpc) is 2.79. The van der Waals surface area contributed by atoms with Crippen LogP contribution < -0.4 is 4.90 Å². The molecule has 36 heavy (non-hydrogen) atoms. The topological polar surface area (TPSA) is 28.6 Å². The molecule has 3 rings (SSSR count). The monoisotopic (exact) mass is 509 g/mol.